The van der Waals surface area contributed by atoms with E-state index in [4.69, 9.17) is 0 Å². The molecule has 0 aromatic heterocycles. The lowest BCUT2D eigenvalue weighted by atomic mass is 9.95. The van der Waals surface area contributed by atoms with Crippen molar-refractivity contribution in [1.29, 1.82) is 0 Å². The first-order valence-electron chi connectivity index (χ1n) is 6.11. The molecule has 86 valence electrons. The lowest BCUT2D eigenvalue weighted by molar-refractivity contribution is 0.205. The molecule has 0 spiro atoms. The van der Waals surface area contributed by atoms with E-state index in [1.165, 1.54) is 23.1 Å². The van der Waals surface area contributed by atoms with Crippen LogP contribution in [-0.4, -0.2) is 17.5 Å². The van der Waals surface area contributed by atoms with E-state index < -0.39 is 0 Å². The molecule has 0 saturated carbocycles. The molecular weight excluding hydrogens is 194 g/mol. The maximum Gasteiger partial charge on any atom is 0.0242 e. The van der Waals surface area contributed by atoms with Crippen LogP contribution in [0.2, 0.25) is 0 Å². The lowest BCUT2D eigenvalue weighted by Gasteiger charge is -2.34. The van der Waals surface area contributed by atoms with E-state index in [1.54, 1.807) is 0 Å². The van der Waals surface area contributed by atoms with Crippen molar-refractivity contribution in [3.8, 4) is 0 Å². The normalized spacial score (nSPS) is 20.3. The molecule has 1 aromatic carbocycles. The minimum Gasteiger partial charge on any atom is -0.292 e. The van der Waals surface area contributed by atoms with E-state index >= 15 is 0 Å². The maximum atomic E-state index is 2.55. The summed E-state index contributed by atoms with van der Waals surface area (Å²) in [7, 11) is 0. The minimum atomic E-state index is 0.658. The molecule has 0 saturated heterocycles. The molecule has 1 heterocycles. The van der Waals surface area contributed by atoms with Gasteiger partial charge in [0.05, 0.1) is 0 Å². The number of nitrogens with zero attached hydrogens (tertiary/aromatic N) is 1. The van der Waals surface area contributed by atoms with Crippen LogP contribution in [-0.2, 0) is 13.0 Å². The Morgan fingerprint density at radius 2 is 2.00 bits per heavy atom. The van der Waals surface area contributed by atoms with Gasteiger partial charge in [-0.15, -0.1) is 0 Å². The van der Waals surface area contributed by atoms with Gasteiger partial charge in [-0.3, -0.25) is 4.90 Å². The Balaban J connectivity index is 2.12. The van der Waals surface area contributed by atoms with Crippen molar-refractivity contribution in [3.63, 3.8) is 0 Å². The largest absolute Gasteiger partial charge is 0.292 e. The molecule has 0 amide bonds. The molecule has 1 aliphatic rings. The molecule has 1 aromatic rings. The van der Waals surface area contributed by atoms with Gasteiger partial charge in [0.2, 0.25) is 0 Å². The second kappa shape index (κ2) is 4.84. The predicted octanol–water partition coefficient (Wildman–Crippen LogP) is 3.40. The fraction of sp³-hybridized carbons (Fsp3) is 0.467. The summed E-state index contributed by atoms with van der Waals surface area (Å²) < 4.78 is 0. The molecule has 0 bridgehead atoms. The molecule has 1 unspecified atom stereocenters. The summed E-state index contributed by atoms with van der Waals surface area (Å²) in [5, 5.41) is 0. The third-order valence-electron chi connectivity index (χ3n) is 3.36. The monoisotopic (exact) mass is 215 g/mol. The van der Waals surface area contributed by atoms with Crippen LogP contribution in [0.15, 0.2) is 35.9 Å². The standard InChI is InChI=1S/C15H21N/c1-12(2)8-9-16-11-15-7-5-4-6-14(15)10-13(16)3/h4-8,13H,9-11H2,1-3H3. The average molecular weight is 215 g/mol. The van der Waals surface area contributed by atoms with Gasteiger partial charge in [0.15, 0.2) is 0 Å². The van der Waals surface area contributed by atoms with Crippen molar-refractivity contribution in [2.75, 3.05) is 6.54 Å². The zero-order valence-corrected chi connectivity index (χ0v) is 10.5. The van der Waals surface area contributed by atoms with Gasteiger partial charge in [0.1, 0.15) is 0 Å². The number of benzene rings is 1. The summed E-state index contributed by atoms with van der Waals surface area (Å²) in [5.41, 5.74) is 4.44. The zero-order chi connectivity index (χ0) is 11.5. The number of hydrogen-bond acceptors (Lipinski definition) is 1. The lowest BCUT2D eigenvalue weighted by Crippen LogP contribution is -2.38. The van der Waals surface area contributed by atoms with Crippen LogP contribution in [0.4, 0.5) is 0 Å². The molecule has 1 heteroatoms. The highest BCUT2D eigenvalue weighted by atomic mass is 15.1. The Morgan fingerprint density at radius 1 is 1.31 bits per heavy atom. The van der Waals surface area contributed by atoms with E-state index in [-0.39, 0.29) is 0 Å². The molecule has 0 N–H and O–H groups in total. The molecule has 2 rings (SSSR count). The summed E-state index contributed by atoms with van der Waals surface area (Å²) in [4.78, 5) is 2.55. The molecule has 0 aliphatic carbocycles. The fourth-order valence-corrected chi connectivity index (χ4v) is 2.28. The van der Waals surface area contributed by atoms with Crippen LogP contribution in [0.5, 0.6) is 0 Å². The predicted molar refractivity (Wildman–Crippen MR) is 69.4 cm³/mol. The van der Waals surface area contributed by atoms with Crippen LogP contribution < -0.4 is 0 Å². The first kappa shape index (κ1) is 11.4. The Bertz CT molecular complexity index is 388. The third kappa shape index (κ3) is 2.53. The van der Waals surface area contributed by atoms with Crippen molar-refractivity contribution < 1.29 is 0 Å². The zero-order valence-electron chi connectivity index (χ0n) is 10.5. The van der Waals surface area contributed by atoms with Crippen LogP contribution >= 0.6 is 0 Å². The first-order chi connectivity index (χ1) is 7.66. The highest BCUT2D eigenvalue weighted by molar-refractivity contribution is 5.30. The van der Waals surface area contributed by atoms with Crippen molar-refractivity contribution in [2.24, 2.45) is 0 Å². The first-order valence-corrected chi connectivity index (χ1v) is 6.11. The van der Waals surface area contributed by atoms with Gasteiger partial charge in [-0.25, -0.2) is 0 Å². The summed E-state index contributed by atoms with van der Waals surface area (Å²) in [6.07, 6.45) is 3.51. The maximum absolute atomic E-state index is 2.55. The molecule has 0 radical (unpaired) electrons. The summed E-state index contributed by atoms with van der Waals surface area (Å²) in [6, 6.07) is 9.48. The Hall–Kier alpha value is -1.08. The number of allylic oxidation sites excluding steroid dienone is 1. The van der Waals surface area contributed by atoms with E-state index in [1.807, 2.05) is 0 Å². The van der Waals surface area contributed by atoms with Gasteiger partial charge in [0.25, 0.3) is 0 Å². The van der Waals surface area contributed by atoms with Crippen LogP contribution in [0.25, 0.3) is 0 Å². The molecule has 1 nitrogen and oxygen atoms in total. The van der Waals surface area contributed by atoms with Crippen molar-refractivity contribution in [2.45, 2.75) is 39.8 Å². The molecule has 1 aliphatic heterocycles. The number of hydrogen-bond donors (Lipinski definition) is 0. The van der Waals surface area contributed by atoms with E-state index in [2.05, 4.69) is 56.0 Å². The van der Waals surface area contributed by atoms with Gasteiger partial charge in [-0.1, -0.05) is 35.9 Å². The number of fused-ring (bicyclic) bond motifs is 1. The number of rotatable bonds is 2. The van der Waals surface area contributed by atoms with Crippen LogP contribution in [0.3, 0.4) is 0 Å². The van der Waals surface area contributed by atoms with Gasteiger partial charge >= 0.3 is 0 Å². The second-order valence-electron chi connectivity index (χ2n) is 5.03. The topological polar surface area (TPSA) is 3.24 Å². The van der Waals surface area contributed by atoms with Crippen LogP contribution in [0.1, 0.15) is 31.9 Å². The summed E-state index contributed by atoms with van der Waals surface area (Å²) in [6.45, 7) is 8.85. The summed E-state index contributed by atoms with van der Waals surface area (Å²) >= 11 is 0. The van der Waals surface area contributed by atoms with E-state index in [9.17, 15) is 0 Å². The van der Waals surface area contributed by atoms with Crippen molar-refractivity contribution in [3.05, 3.63) is 47.0 Å². The van der Waals surface area contributed by atoms with Crippen LogP contribution in [0, 0.1) is 0 Å². The molecular formula is C15H21N. The summed E-state index contributed by atoms with van der Waals surface area (Å²) in [5.74, 6) is 0. The van der Waals surface area contributed by atoms with Crippen molar-refractivity contribution >= 4 is 0 Å². The molecule has 16 heavy (non-hydrogen) atoms. The van der Waals surface area contributed by atoms with Gasteiger partial charge < -0.3 is 0 Å². The highest BCUT2D eigenvalue weighted by Gasteiger charge is 2.20. The van der Waals surface area contributed by atoms with Gasteiger partial charge in [-0.2, -0.15) is 0 Å². The van der Waals surface area contributed by atoms with Gasteiger partial charge in [0, 0.05) is 19.1 Å². The SMILES string of the molecule is CC(C)=CCN1Cc2ccccc2CC1C. The van der Waals surface area contributed by atoms with E-state index in [0.29, 0.717) is 6.04 Å². The van der Waals surface area contributed by atoms with Gasteiger partial charge in [-0.05, 0) is 38.3 Å². The average Bonchev–Trinajstić information content (AvgIpc) is 2.26. The Labute approximate surface area is 98.8 Å². The third-order valence-corrected chi connectivity index (χ3v) is 3.36. The quantitative estimate of drug-likeness (QED) is 0.683. The highest BCUT2D eigenvalue weighted by Crippen LogP contribution is 2.22. The Morgan fingerprint density at radius 3 is 2.69 bits per heavy atom. The molecule has 0 fully saturated rings. The molecule has 1 atom stereocenters. The van der Waals surface area contributed by atoms with Crippen molar-refractivity contribution in [1.82, 2.24) is 4.90 Å². The van der Waals surface area contributed by atoms with E-state index in [0.717, 1.165) is 13.1 Å². The Kier molecular flexibility index (Phi) is 3.45. The second-order valence-corrected chi connectivity index (χ2v) is 5.03. The smallest absolute Gasteiger partial charge is 0.0242 e. The minimum absolute atomic E-state index is 0.658. The fourth-order valence-electron chi connectivity index (χ4n) is 2.28.